The Hall–Kier alpha value is -2.65. The molecule has 0 radical (unpaired) electrons. The van der Waals surface area contributed by atoms with E-state index in [1.165, 1.54) is 47.8 Å². The van der Waals surface area contributed by atoms with Crippen molar-refractivity contribution in [3.63, 3.8) is 0 Å². The molecule has 1 fully saturated rings. The Balaban J connectivity index is 1.71. The van der Waals surface area contributed by atoms with Crippen molar-refractivity contribution in [2.45, 2.75) is 43.7 Å². The van der Waals surface area contributed by atoms with Gasteiger partial charge in [-0.05, 0) is 50.1 Å². The number of hydrogen-bond acceptors (Lipinski definition) is 7. The van der Waals surface area contributed by atoms with Gasteiger partial charge in [-0.1, -0.05) is 12.5 Å². The number of ether oxygens (including phenoxy) is 2. The van der Waals surface area contributed by atoms with Crippen LogP contribution in [0.5, 0.6) is 0 Å². The van der Waals surface area contributed by atoms with Crippen LogP contribution in [0.3, 0.4) is 0 Å². The Kier molecular flexibility index (Phi) is 6.39. The number of esters is 2. The molecule has 9 heteroatoms. The van der Waals surface area contributed by atoms with Crippen LogP contribution in [0.2, 0.25) is 0 Å². The summed E-state index contributed by atoms with van der Waals surface area (Å²) in [6.07, 6.45) is 2.64. The van der Waals surface area contributed by atoms with E-state index >= 15 is 0 Å². The zero-order valence-electron chi connectivity index (χ0n) is 16.3. The number of sulfonamides is 1. The van der Waals surface area contributed by atoms with E-state index in [1.807, 2.05) is 6.92 Å². The minimum atomic E-state index is -3.69. The lowest BCUT2D eigenvalue weighted by Crippen LogP contribution is -2.41. The van der Waals surface area contributed by atoms with E-state index in [2.05, 4.69) is 4.74 Å². The van der Waals surface area contributed by atoms with E-state index in [9.17, 15) is 18.0 Å². The molecule has 8 nitrogen and oxygen atoms in total. The zero-order chi connectivity index (χ0) is 21.0. The summed E-state index contributed by atoms with van der Waals surface area (Å²) in [4.78, 5) is 23.8. The van der Waals surface area contributed by atoms with Crippen LogP contribution in [-0.4, -0.2) is 44.4 Å². The van der Waals surface area contributed by atoms with Crippen LogP contribution < -0.4 is 0 Å². The maximum atomic E-state index is 13.0. The maximum Gasteiger partial charge on any atom is 0.373 e. The molecule has 1 atom stereocenters. The Bertz CT molecular complexity index is 996. The normalized spacial score (nSPS) is 17.7. The van der Waals surface area contributed by atoms with Crippen molar-refractivity contribution in [3.05, 3.63) is 53.5 Å². The Morgan fingerprint density at radius 1 is 1.17 bits per heavy atom. The van der Waals surface area contributed by atoms with Crippen LogP contribution in [0.25, 0.3) is 0 Å². The third kappa shape index (κ3) is 4.68. The second kappa shape index (κ2) is 8.79. The molecule has 1 aliphatic rings. The summed E-state index contributed by atoms with van der Waals surface area (Å²) >= 11 is 0. The van der Waals surface area contributed by atoms with Crippen LogP contribution in [0.4, 0.5) is 0 Å². The first-order valence-electron chi connectivity index (χ1n) is 9.29. The molecule has 156 valence electrons. The number of hydrogen-bond donors (Lipinski definition) is 0. The lowest BCUT2D eigenvalue weighted by molar-refractivity contribution is 0.0438. The van der Waals surface area contributed by atoms with Gasteiger partial charge in [-0.2, -0.15) is 4.31 Å². The molecule has 29 heavy (non-hydrogen) atoms. The molecule has 1 saturated heterocycles. The molecule has 0 bridgehead atoms. The monoisotopic (exact) mass is 421 g/mol. The third-order valence-electron chi connectivity index (χ3n) is 4.81. The second-order valence-corrected chi connectivity index (χ2v) is 8.71. The van der Waals surface area contributed by atoms with Crippen LogP contribution >= 0.6 is 0 Å². The summed E-state index contributed by atoms with van der Waals surface area (Å²) < 4.78 is 42.4. The molecular weight excluding hydrogens is 398 g/mol. The standard InChI is InChI=1S/C20H23NO7S/c1-14-6-3-4-11-21(14)29(24,25)17-8-5-7-15(12-17)19(22)27-13-16-9-10-18(28-16)20(23)26-2/h5,7-10,12,14H,3-4,6,11,13H2,1-2H3/t14-/m0/s1. The number of rotatable bonds is 6. The van der Waals surface area contributed by atoms with Crippen LogP contribution in [0.1, 0.15) is 52.9 Å². The highest BCUT2D eigenvalue weighted by Crippen LogP contribution is 2.25. The highest BCUT2D eigenvalue weighted by Gasteiger charge is 2.31. The first kappa shape index (κ1) is 21.1. The summed E-state index contributed by atoms with van der Waals surface area (Å²) in [5.41, 5.74) is 0.121. The van der Waals surface area contributed by atoms with Gasteiger partial charge in [-0.3, -0.25) is 0 Å². The fourth-order valence-electron chi connectivity index (χ4n) is 3.23. The summed E-state index contributed by atoms with van der Waals surface area (Å²) in [5.74, 6) is -1.05. The minimum Gasteiger partial charge on any atom is -0.463 e. The van der Waals surface area contributed by atoms with Crippen molar-refractivity contribution >= 4 is 22.0 Å². The Labute approximate surface area is 169 Å². The number of benzene rings is 1. The summed E-state index contributed by atoms with van der Waals surface area (Å²) in [7, 11) is -2.46. The Morgan fingerprint density at radius 3 is 2.69 bits per heavy atom. The molecule has 0 unspecified atom stereocenters. The van der Waals surface area contributed by atoms with Gasteiger partial charge >= 0.3 is 11.9 Å². The lowest BCUT2D eigenvalue weighted by Gasteiger charge is -2.32. The molecule has 0 saturated carbocycles. The molecular formula is C20H23NO7S. The number of methoxy groups -OCH3 is 1. The van der Waals surface area contributed by atoms with Crippen LogP contribution in [0.15, 0.2) is 45.7 Å². The van der Waals surface area contributed by atoms with E-state index in [-0.39, 0.29) is 34.6 Å². The number of nitrogens with zero attached hydrogens (tertiary/aromatic N) is 1. The van der Waals surface area contributed by atoms with Crippen molar-refractivity contribution in [1.29, 1.82) is 0 Å². The minimum absolute atomic E-state index is 0.00212. The van der Waals surface area contributed by atoms with Gasteiger partial charge in [0.05, 0.1) is 17.6 Å². The van der Waals surface area contributed by atoms with Crippen LogP contribution in [0, 0.1) is 0 Å². The fourth-order valence-corrected chi connectivity index (χ4v) is 4.98. The predicted molar refractivity (Wildman–Crippen MR) is 103 cm³/mol. The summed E-state index contributed by atoms with van der Waals surface area (Å²) in [6, 6.07) is 8.64. The van der Waals surface area contributed by atoms with Gasteiger partial charge in [0.15, 0.2) is 0 Å². The molecule has 1 aliphatic heterocycles. The number of carbonyl (C=O) groups is 2. The quantitative estimate of drug-likeness (QED) is 0.661. The molecule has 0 N–H and O–H groups in total. The largest absolute Gasteiger partial charge is 0.463 e. The predicted octanol–water partition coefficient (Wildman–Crippen LogP) is 2.99. The molecule has 2 heterocycles. The van der Waals surface area contributed by atoms with Crippen molar-refractivity contribution in [3.8, 4) is 0 Å². The van der Waals surface area contributed by atoms with Gasteiger partial charge in [-0.25, -0.2) is 18.0 Å². The van der Waals surface area contributed by atoms with E-state index in [0.29, 0.717) is 6.54 Å². The molecule has 1 aromatic carbocycles. The van der Waals surface area contributed by atoms with Crippen molar-refractivity contribution < 1.29 is 31.9 Å². The zero-order valence-corrected chi connectivity index (χ0v) is 17.1. The highest BCUT2D eigenvalue weighted by atomic mass is 32.2. The molecule has 1 aromatic heterocycles. The van der Waals surface area contributed by atoms with Gasteiger partial charge < -0.3 is 13.9 Å². The SMILES string of the molecule is COC(=O)c1ccc(COC(=O)c2cccc(S(=O)(=O)N3CCCC[C@@H]3C)c2)o1. The lowest BCUT2D eigenvalue weighted by atomic mass is 10.1. The van der Waals surface area contributed by atoms with E-state index in [0.717, 1.165) is 19.3 Å². The third-order valence-corrected chi connectivity index (χ3v) is 6.82. The van der Waals surface area contributed by atoms with Gasteiger partial charge in [-0.15, -0.1) is 0 Å². The fraction of sp³-hybridized carbons (Fsp3) is 0.400. The first-order valence-corrected chi connectivity index (χ1v) is 10.7. The summed E-state index contributed by atoms with van der Waals surface area (Å²) in [5, 5.41) is 0. The summed E-state index contributed by atoms with van der Waals surface area (Å²) in [6.45, 7) is 2.16. The van der Waals surface area contributed by atoms with Gasteiger partial charge in [0.25, 0.3) is 0 Å². The highest BCUT2D eigenvalue weighted by molar-refractivity contribution is 7.89. The molecule has 0 spiro atoms. The Morgan fingerprint density at radius 2 is 1.97 bits per heavy atom. The van der Waals surface area contributed by atoms with Crippen molar-refractivity contribution in [2.24, 2.45) is 0 Å². The molecule has 0 aliphatic carbocycles. The van der Waals surface area contributed by atoms with Crippen LogP contribution in [-0.2, 0) is 26.1 Å². The van der Waals surface area contributed by atoms with Gasteiger partial charge in [0.1, 0.15) is 12.4 Å². The van der Waals surface area contributed by atoms with Crippen molar-refractivity contribution in [1.82, 2.24) is 4.31 Å². The molecule has 0 amide bonds. The van der Waals surface area contributed by atoms with Gasteiger partial charge in [0.2, 0.25) is 15.8 Å². The van der Waals surface area contributed by atoms with E-state index < -0.39 is 22.0 Å². The second-order valence-electron chi connectivity index (χ2n) is 6.82. The van der Waals surface area contributed by atoms with E-state index in [4.69, 9.17) is 9.15 Å². The number of piperidine rings is 1. The number of carbonyl (C=O) groups excluding carboxylic acids is 2. The maximum absolute atomic E-state index is 13.0. The topological polar surface area (TPSA) is 103 Å². The van der Waals surface area contributed by atoms with Crippen molar-refractivity contribution in [2.75, 3.05) is 13.7 Å². The average Bonchev–Trinajstić information content (AvgIpc) is 3.21. The first-order chi connectivity index (χ1) is 13.8. The number of furan rings is 1. The smallest absolute Gasteiger partial charge is 0.373 e. The molecule has 2 aromatic rings. The van der Waals surface area contributed by atoms with E-state index in [1.54, 1.807) is 0 Å². The molecule has 3 rings (SSSR count). The van der Waals surface area contributed by atoms with Gasteiger partial charge in [0, 0.05) is 12.6 Å². The average molecular weight is 421 g/mol.